The van der Waals surface area contributed by atoms with Crippen molar-refractivity contribution in [1.29, 1.82) is 0 Å². The number of rotatable bonds is 9. The Morgan fingerprint density at radius 2 is 1.85 bits per heavy atom. The zero-order valence-electron chi connectivity index (χ0n) is 19.0. The maximum Gasteiger partial charge on any atom is 0.162 e. The largest absolute Gasteiger partial charge is 0.493 e. The minimum Gasteiger partial charge on any atom is -0.493 e. The van der Waals surface area contributed by atoms with Gasteiger partial charge in [0, 0.05) is 36.0 Å². The smallest absolute Gasteiger partial charge is 0.162 e. The molecule has 168 valence electrons. The van der Waals surface area contributed by atoms with Gasteiger partial charge in [0.2, 0.25) is 0 Å². The Hall–Kier alpha value is -3.80. The summed E-state index contributed by atoms with van der Waals surface area (Å²) in [7, 11) is 1.66. The Morgan fingerprint density at radius 1 is 1.00 bits per heavy atom. The number of para-hydroxylation sites is 1. The summed E-state index contributed by atoms with van der Waals surface area (Å²) >= 11 is 0. The lowest BCUT2D eigenvalue weighted by Gasteiger charge is -2.14. The van der Waals surface area contributed by atoms with Crippen LogP contribution in [0.1, 0.15) is 41.1 Å². The average Bonchev–Trinajstić information content (AvgIpc) is 3.66. The van der Waals surface area contributed by atoms with Crippen LogP contribution < -0.4 is 14.8 Å². The van der Waals surface area contributed by atoms with Crippen LogP contribution in [0.25, 0.3) is 5.69 Å². The van der Waals surface area contributed by atoms with Gasteiger partial charge < -0.3 is 14.8 Å². The number of ether oxygens (including phenoxy) is 2. The van der Waals surface area contributed by atoms with Gasteiger partial charge in [-0.05, 0) is 55.7 Å². The van der Waals surface area contributed by atoms with Gasteiger partial charge in [-0.15, -0.1) is 0 Å². The Morgan fingerprint density at radius 3 is 2.58 bits per heavy atom. The van der Waals surface area contributed by atoms with E-state index in [0.717, 1.165) is 22.6 Å². The monoisotopic (exact) mass is 440 g/mol. The van der Waals surface area contributed by atoms with Gasteiger partial charge in [0.1, 0.15) is 12.4 Å². The number of pyridine rings is 1. The van der Waals surface area contributed by atoms with Crippen molar-refractivity contribution >= 4 is 5.82 Å². The molecule has 4 aromatic rings. The molecular weight excluding hydrogens is 412 g/mol. The molecule has 2 aromatic heterocycles. The van der Waals surface area contributed by atoms with Crippen molar-refractivity contribution in [2.75, 3.05) is 12.4 Å². The fraction of sp³-hybridized carbons (Fsp3) is 0.259. The van der Waals surface area contributed by atoms with E-state index in [0.29, 0.717) is 30.6 Å². The van der Waals surface area contributed by atoms with E-state index in [4.69, 9.17) is 14.6 Å². The summed E-state index contributed by atoms with van der Waals surface area (Å²) in [5.74, 6) is 3.05. The van der Waals surface area contributed by atoms with Gasteiger partial charge >= 0.3 is 0 Å². The van der Waals surface area contributed by atoms with Crippen LogP contribution in [-0.4, -0.2) is 21.9 Å². The minimum absolute atomic E-state index is 0.436. The third kappa shape index (κ3) is 4.70. The zero-order valence-corrected chi connectivity index (χ0v) is 19.0. The van der Waals surface area contributed by atoms with E-state index in [9.17, 15) is 0 Å². The van der Waals surface area contributed by atoms with E-state index in [1.807, 2.05) is 53.3 Å². The Kier molecular flexibility index (Phi) is 5.98. The van der Waals surface area contributed by atoms with Crippen LogP contribution in [0.3, 0.4) is 0 Å². The van der Waals surface area contributed by atoms with Gasteiger partial charge in [0.05, 0.1) is 18.5 Å². The second-order valence-electron chi connectivity index (χ2n) is 8.37. The highest BCUT2D eigenvalue weighted by molar-refractivity contribution is 5.55. The Labute approximate surface area is 194 Å². The average molecular weight is 441 g/mol. The van der Waals surface area contributed by atoms with Gasteiger partial charge in [-0.3, -0.25) is 4.98 Å². The summed E-state index contributed by atoms with van der Waals surface area (Å²) < 4.78 is 13.6. The van der Waals surface area contributed by atoms with Crippen LogP contribution in [0.15, 0.2) is 73.1 Å². The SMILES string of the molecule is COc1ccc(CNc2c(C)c(C3CC3)nn2-c2ccccc2)cc1OCc1cccnc1. The maximum absolute atomic E-state index is 6.06. The molecule has 0 bridgehead atoms. The molecular formula is C27H28N4O2. The Balaban J connectivity index is 1.37. The first-order valence-electron chi connectivity index (χ1n) is 11.3. The highest BCUT2D eigenvalue weighted by Gasteiger charge is 2.30. The van der Waals surface area contributed by atoms with Gasteiger partial charge in [-0.25, -0.2) is 4.68 Å². The molecule has 0 aliphatic heterocycles. The molecule has 1 aliphatic carbocycles. The molecule has 6 nitrogen and oxygen atoms in total. The molecule has 0 atom stereocenters. The molecule has 2 heterocycles. The first-order chi connectivity index (χ1) is 16.2. The third-order valence-electron chi connectivity index (χ3n) is 5.93. The van der Waals surface area contributed by atoms with Gasteiger partial charge in [-0.1, -0.05) is 30.3 Å². The van der Waals surface area contributed by atoms with Gasteiger partial charge in [0.25, 0.3) is 0 Å². The number of methoxy groups -OCH3 is 1. The number of benzene rings is 2. The zero-order chi connectivity index (χ0) is 22.6. The van der Waals surface area contributed by atoms with Crippen LogP contribution in [-0.2, 0) is 13.2 Å². The van der Waals surface area contributed by atoms with E-state index in [-0.39, 0.29) is 0 Å². The van der Waals surface area contributed by atoms with Crippen molar-refractivity contribution in [2.45, 2.75) is 38.8 Å². The summed E-state index contributed by atoms with van der Waals surface area (Å²) in [4.78, 5) is 4.15. The molecule has 1 aliphatic rings. The molecule has 0 amide bonds. The molecule has 0 unspecified atom stereocenters. The second-order valence-corrected chi connectivity index (χ2v) is 8.37. The normalized spacial score (nSPS) is 13.0. The molecule has 5 rings (SSSR count). The van der Waals surface area contributed by atoms with Crippen LogP contribution in [0.5, 0.6) is 11.5 Å². The highest BCUT2D eigenvalue weighted by atomic mass is 16.5. The molecule has 0 radical (unpaired) electrons. The van der Waals surface area contributed by atoms with E-state index < -0.39 is 0 Å². The second kappa shape index (κ2) is 9.36. The first kappa shape index (κ1) is 21.1. The predicted octanol–water partition coefficient (Wildman–Crippen LogP) is 5.65. The summed E-state index contributed by atoms with van der Waals surface area (Å²) in [6.45, 7) is 3.25. The molecule has 6 heteroatoms. The number of anilines is 1. The molecule has 1 saturated carbocycles. The van der Waals surface area contributed by atoms with Gasteiger partial charge in [-0.2, -0.15) is 5.10 Å². The lowest BCUT2D eigenvalue weighted by Crippen LogP contribution is -2.08. The molecule has 1 N–H and O–H groups in total. The number of nitrogens with one attached hydrogen (secondary N) is 1. The Bertz CT molecular complexity index is 1220. The fourth-order valence-corrected chi connectivity index (χ4v) is 4.00. The van der Waals surface area contributed by atoms with Crippen molar-refractivity contribution in [1.82, 2.24) is 14.8 Å². The number of hydrogen-bond acceptors (Lipinski definition) is 5. The topological polar surface area (TPSA) is 61.2 Å². The van der Waals surface area contributed by atoms with Crippen LogP contribution in [0.4, 0.5) is 5.82 Å². The van der Waals surface area contributed by atoms with Crippen molar-refractivity contribution in [3.63, 3.8) is 0 Å². The lowest BCUT2D eigenvalue weighted by atomic mass is 10.1. The van der Waals surface area contributed by atoms with E-state index in [1.165, 1.54) is 24.1 Å². The quantitative estimate of drug-likeness (QED) is 0.364. The predicted molar refractivity (Wildman–Crippen MR) is 129 cm³/mol. The van der Waals surface area contributed by atoms with E-state index in [2.05, 4.69) is 35.4 Å². The third-order valence-corrected chi connectivity index (χ3v) is 5.93. The van der Waals surface area contributed by atoms with E-state index in [1.54, 1.807) is 13.3 Å². The van der Waals surface area contributed by atoms with Crippen LogP contribution in [0.2, 0.25) is 0 Å². The summed E-state index contributed by atoms with van der Waals surface area (Å²) in [5, 5.41) is 8.60. The maximum atomic E-state index is 6.06. The van der Waals surface area contributed by atoms with Crippen molar-refractivity contribution < 1.29 is 9.47 Å². The van der Waals surface area contributed by atoms with Crippen molar-refractivity contribution in [3.05, 3.63) is 95.4 Å². The minimum atomic E-state index is 0.436. The molecule has 0 spiro atoms. The lowest BCUT2D eigenvalue weighted by molar-refractivity contribution is 0.284. The van der Waals surface area contributed by atoms with Crippen molar-refractivity contribution in [2.24, 2.45) is 0 Å². The number of aromatic nitrogens is 3. The molecule has 0 saturated heterocycles. The standard InChI is InChI=1S/C27H28N4O2/c1-19-26(22-11-12-22)30-31(23-8-4-3-5-9-23)27(19)29-17-20-10-13-24(32-2)25(15-20)33-18-21-7-6-14-28-16-21/h3-10,13-16,22,29H,11-12,17-18H2,1-2H3. The van der Waals surface area contributed by atoms with E-state index >= 15 is 0 Å². The molecule has 33 heavy (non-hydrogen) atoms. The molecule has 2 aromatic carbocycles. The summed E-state index contributed by atoms with van der Waals surface area (Å²) in [5.41, 5.74) is 5.60. The van der Waals surface area contributed by atoms with Gasteiger partial charge in [0.15, 0.2) is 11.5 Å². The van der Waals surface area contributed by atoms with Crippen molar-refractivity contribution in [3.8, 4) is 17.2 Å². The fourth-order valence-electron chi connectivity index (χ4n) is 4.00. The molecule has 1 fully saturated rings. The summed E-state index contributed by atoms with van der Waals surface area (Å²) in [6, 6.07) is 20.2. The number of hydrogen-bond donors (Lipinski definition) is 1. The van der Waals surface area contributed by atoms with Crippen LogP contribution >= 0.6 is 0 Å². The summed E-state index contributed by atoms with van der Waals surface area (Å²) in [6.07, 6.45) is 6.01. The van der Waals surface area contributed by atoms with Crippen LogP contribution in [0, 0.1) is 6.92 Å². The first-order valence-corrected chi connectivity index (χ1v) is 11.3. The highest BCUT2D eigenvalue weighted by Crippen LogP contribution is 2.43. The number of nitrogens with zero attached hydrogens (tertiary/aromatic N) is 3.